The number of H-pyrrole nitrogens is 1. The van der Waals surface area contributed by atoms with Crippen LogP contribution in [-0.4, -0.2) is 47.9 Å². The number of nitrogens with zero attached hydrogens (tertiary/aromatic N) is 6. The van der Waals surface area contributed by atoms with Gasteiger partial charge in [0.25, 0.3) is 5.56 Å². The second kappa shape index (κ2) is 9.60. The number of aromatic amines is 1. The molecule has 5 aromatic rings. The number of ether oxygens (including phenoxy) is 1. The molecular weight excluding hydrogens is 508 g/mol. The summed E-state index contributed by atoms with van der Waals surface area (Å²) < 4.78 is 7.95. The topological polar surface area (TPSA) is 133 Å². The molecule has 11 nitrogen and oxygen atoms in total. The number of carbonyl (C=O) groups is 1. The van der Waals surface area contributed by atoms with E-state index in [9.17, 15) is 9.59 Å². The number of aromatic nitrogens is 7. The summed E-state index contributed by atoms with van der Waals surface area (Å²) in [6.45, 7) is 0. The summed E-state index contributed by atoms with van der Waals surface area (Å²) in [5.41, 5.74) is 5.35. The molecule has 1 amide bonds. The number of imidazole rings is 1. The number of fused-ring (bicyclic) bond motifs is 1. The number of rotatable bonds is 5. The van der Waals surface area contributed by atoms with Crippen molar-refractivity contribution in [1.82, 2.24) is 34.7 Å². The minimum atomic E-state index is -0.530. The summed E-state index contributed by atoms with van der Waals surface area (Å²) in [4.78, 5) is 32.8. The molecule has 38 heavy (non-hydrogen) atoms. The van der Waals surface area contributed by atoms with Crippen molar-refractivity contribution in [2.75, 3.05) is 12.4 Å². The molecule has 1 aliphatic heterocycles. The van der Waals surface area contributed by atoms with Gasteiger partial charge in [-0.15, -0.1) is 5.10 Å². The van der Waals surface area contributed by atoms with Crippen LogP contribution < -0.4 is 10.9 Å². The number of hydrogen-bond donors (Lipinski definition) is 2. The highest BCUT2D eigenvalue weighted by molar-refractivity contribution is 6.31. The van der Waals surface area contributed by atoms with Crippen molar-refractivity contribution in [2.24, 2.45) is 0 Å². The van der Waals surface area contributed by atoms with Crippen LogP contribution in [0.25, 0.3) is 28.1 Å². The van der Waals surface area contributed by atoms with Gasteiger partial charge in [-0.1, -0.05) is 23.7 Å². The molecule has 0 spiro atoms. The Bertz CT molecular complexity index is 1690. The molecule has 4 heterocycles. The van der Waals surface area contributed by atoms with E-state index in [2.05, 4.69) is 35.5 Å². The van der Waals surface area contributed by atoms with Gasteiger partial charge in [-0.05, 0) is 70.8 Å². The Kier molecular flexibility index (Phi) is 5.97. The monoisotopic (exact) mass is 528 g/mol. The number of amides is 1. The Morgan fingerprint density at radius 1 is 1.13 bits per heavy atom. The number of methoxy groups -OCH3 is 1. The lowest BCUT2D eigenvalue weighted by Crippen LogP contribution is -2.23. The number of hydrogen-bond acceptors (Lipinski definition) is 7. The summed E-state index contributed by atoms with van der Waals surface area (Å²) in [5.74, 6) is 0.711. The Labute approximate surface area is 221 Å². The zero-order valence-corrected chi connectivity index (χ0v) is 20.9. The van der Waals surface area contributed by atoms with Crippen LogP contribution in [0.3, 0.4) is 0 Å². The molecule has 1 unspecified atom stereocenters. The minimum Gasteiger partial charge on any atom is -0.453 e. The van der Waals surface area contributed by atoms with Crippen LogP contribution in [0.1, 0.15) is 24.0 Å². The molecule has 0 radical (unpaired) electrons. The van der Waals surface area contributed by atoms with E-state index in [1.807, 2.05) is 30.3 Å². The van der Waals surface area contributed by atoms with Gasteiger partial charge in [0.1, 0.15) is 12.2 Å². The number of pyridine rings is 1. The first-order chi connectivity index (χ1) is 18.5. The van der Waals surface area contributed by atoms with Crippen LogP contribution >= 0.6 is 11.6 Å². The Balaban J connectivity index is 1.30. The number of aryl methyl sites for hydroxylation is 1. The van der Waals surface area contributed by atoms with Gasteiger partial charge in [0.2, 0.25) is 0 Å². The van der Waals surface area contributed by atoms with Crippen LogP contribution in [0.2, 0.25) is 5.02 Å². The summed E-state index contributed by atoms with van der Waals surface area (Å²) in [6, 6.07) is 16.1. The zero-order chi connectivity index (χ0) is 26.2. The van der Waals surface area contributed by atoms with Gasteiger partial charge in [0.05, 0.1) is 30.7 Å². The Morgan fingerprint density at radius 2 is 1.97 bits per heavy atom. The fourth-order valence-corrected chi connectivity index (χ4v) is 4.95. The van der Waals surface area contributed by atoms with E-state index in [0.717, 1.165) is 46.6 Å². The van der Waals surface area contributed by atoms with Gasteiger partial charge in [-0.3, -0.25) is 10.1 Å². The van der Waals surface area contributed by atoms with Crippen molar-refractivity contribution in [1.29, 1.82) is 0 Å². The number of halogens is 1. The Morgan fingerprint density at radius 3 is 2.74 bits per heavy atom. The van der Waals surface area contributed by atoms with E-state index in [0.29, 0.717) is 16.5 Å². The van der Waals surface area contributed by atoms with Crippen LogP contribution in [0, 0.1) is 0 Å². The molecule has 2 aromatic carbocycles. The molecule has 0 saturated heterocycles. The predicted octanol–water partition coefficient (Wildman–Crippen LogP) is 4.25. The van der Waals surface area contributed by atoms with E-state index < -0.39 is 6.09 Å². The van der Waals surface area contributed by atoms with E-state index in [4.69, 9.17) is 11.6 Å². The van der Waals surface area contributed by atoms with Crippen molar-refractivity contribution in [3.8, 4) is 28.1 Å². The minimum absolute atomic E-state index is 0.126. The maximum atomic E-state index is 13.4. The van der Waals surface area contributed by atoms with Crippen molar-refractivity contribution in [3.05, 3.63) is 94.0 Å². The van der Waals surface area contributed by atoms with Crippen LogP contribution in [0.15, 0.2) is 71.9 Å². The molecule has 1 atom stereocenters. The number of benzene rings is 2. The third-order valence-corrected chi connectivity index (χ3v) is 6.77. The van der Waals surface area contributed by atoms with Crippen LogP contribution in [0.4, 0.5) is 10.5 Å². The maximum Gasteiger partial charge on any atom is 0.411 e. The molecule has 2 N–H and O–H groups in total. The summed E-state index contributed by atoms with van der Waals surface area (Å²) >= 11 is 6.30. The maximum absolute atomic E-state index is 13.4. The van der Waals surface area contributed by atoms with Crippen molar-refractivity contribution in [2.45, 2.75) is 18.9 Å². The van der Waals surface area contributed by atoms with Crippen molar-refractivity contribution in [3.63, 3.8) is 0 Å². The molecular formula is C26H21ClN8O3. The summed E-state index contributed by atoms with van der Waals surface area (Å²) in [5, 5.41) is 14.6. The SMILES string of the molecule is COC(=O)Nc1ccc(-c2cnc(C3CCc4cc(-c5cc(Cl)ccc5-n5cnnn5)cc(=O)n43)[nH]2)cc1. The van der Waals surface area contributed by atoms with E-state index >= 15 is 0 Å². The fraction of sp³-hybridized carbons (Fsp3) is 0.154. The van der Waals surface area contributed by atoms with Gasteiger partial charge in [-0.2, -0.15) is 4.68 Å². The molecule has 0 aliphatic carbocycles. The number of carbonyl (C=O) groups excluding carboxylic acids is 1. The van der Waals surface area contributed by atoms with Gasteiger partial charge < -0.3 is 14.3 Å². The zero-order valence-electron chi connectivity index (χ0n) is 20.1. The fourth-order valence-electron chi connectivity index (χ4n) is 4.77. The molecule has 1 aliphatic rings. The van der Waals surface area contributed by atoms with Gasteiger partial charge in [0.15, 0.2) is 0 Å². The summed E-state index contributed by atoms with van der Waals surface area (Å²) in [6.07, 6.45) is 4.18. The standard InChI is InChI=1S/C26H21ClN8O3/c1-38-26(37)30-18-5-2-15(3-6-18)21-13-28-25(31-21)23-9-7-19-10-16(11-24(36)35(19)23)20-12-17(27)4-8-22(20)34-14-29-32-33-34/h2-6,8,10-14,23H,7,9H2,1H3,(H,28,31)(H,30,37). The lowest BCUT2D eigenvalue weighted by atomic mass is 10.0. The second-order valence-corrected chi connectivity index (χ2v) is 9.23. The van der Waals surface area contributed by atoms with Gasteiger partial charge in [0, 0.05) is 28.0 Å². The highest BCUT2D eigenvalue weighted by Gasteiger charge is 2.28. The number of anilines is 1. The first-order valence-electron chi connectivity index (χ1n) is 11.8. The van der Waals surface area contributed by atoms with E-state index in [1.165, 1.54) is 13.4 Å². The second-order valence-electron chi connectivity index (χ2n) is 8.79. The lowest BCUT2D eigenvalue weighted by molar-refractivity contribution is 0.187. The first kappa shape index (κ1) is 23.6. The highest BCUT2D eigenvalue weighted by atomic mass is 35.5. The van der Waals surface area contributed by atoms with Crippen LogP contribution in [-0.2, 0) is 11.2 Å². The largest absolute Gasteiger partial charge is 0.453 e. The third-order valence-electron chi connectivity index (χ3n) is 6.54. The van der Waals surface area contributed by atoms with E-state index in [-0.39, 0.29) is 11.6 Å². The van der Waals surface area contributed by atoms with E-state index in [1.54, 1.807) is 39.7 Å². The molecule has 0 saturated carbocycles. The van der Waals surface area contributed by atoms with Crippen molar-refractivity contribution < 1.29 is 9.53 Å². The quantitative estimate of drug-likeness (QED) is 0.348. The third kappa shape index (κ3) is 4.33. The van der Waals surface area contributed by atoms with Gasteiger partial charge >= 0.3 is 6.09 Å². The lowest BCUT2D eigenvalue weighted by Gasteiger charge is -2.15. The predicted molar refractivity (Wildman–Crippen MR) is 140 cm³/mol. The average molecular weight is 529 g/mol. The molecule has 190 valence electrons. The molecule has 6 rings (SSSR count). The smallest absolute Gasteiger partial charge is 0.411 e. The average Bonchev–Trinajstić information content (AvgIpc) is 3.70. The molecule has 3 aromatic heterocycles. The Hall–Kier alpha value is -4.77. The molecule has 12 heteroatoms. The van der Waals surface area contributed by atoms with Crippen molar-refractivity contribution >= 4 is 23.4 Å². The number of nitrogens with one attached hydrogen (secondary N) is 2. The molecule has 0 bridgehead atoms. The highest BCUT2D eigenvalue weighted by Crippen LogP contribution is 2.34. The van der Waals surface area contributed by atoms with Crippen LogP contribution in [0.5, 0.6) is 0 Å². The molecule has 0 fully saturated rings. The summed E-state index contributed by atoms with van der Waals surface area (Å²) in [7, 11) is 1.31. The first-order valence-corrected chi connectivity index (χ1v) is 12.2. The normalized spacial score (nSPS) is 14.3. The van der Waals surface area contributed by atoms with Gasteiger partial charge in [-0.25, -0.2) is 9.78 Å². The number of tetrazole rings is 1.